The fourth-order valence-electron chi connectivity index (χ4n) is 2.44. The Hall–Kier alpha value is -3.29. The summed E-state index contributed by atoms with van der Waals surface area (Å²) in [5.41, 5.74) is -1.16. The van der Waals surface area contributed by atoms with Crippen LogP contribution in [0, 0.1) is 0 Å². The number of carbonyl (C=O) groups is 1. The first-order chi connectivity index (χ1) is 11.8. The Balaban J connectivity index is 2.24. The van der Waals surface area contributed by atoms with Crippen LogP contribution in [0.4, 0.5) is 24.5 Å². The van der Waals surface area contributed by atoms with Gasteiger partial charge in [0.2, 0.25) is 0 Å². The molecular weight excluding hydrogens is 337 g/mol. The third kappa shape index (κ3) is 3.18. The number of hydrogen-bond acceptors (Lipinski definition) is 4. The molecule has 3 N–H and O–H groups in total. The molecule has 5 nitrogen and oxygen atoms in total. The summed E-state index contributed by atoms with van der Waals surface area (Å²) in [6.45, 7) is 0. The summed E-state index contributed by atoms with van der Waals surface area (Å²) in [5, 5.41) is 21.5. The van der Waals surface area contributed by atoms with Crippen LogP contribution in [-0.2, 0) is 6.18 Å². The summed E-state index contributed by atoms with van der Waals surface area (Å²) < 4.78 is 39.5. The molecule has 0 aliphatic rings. The number of benzene rings is 2. The number of alkyl halides is 3. The zero-order valence-electron chi connectivity index (χ0n) is 12.5. The van der Waals surface area contributed by atoms with Crippen molar-refractivity contribution in [1.29, 1.82) is 0 Å². The fraction of sp³-hybridized carbons (Fsp3) is 0.0588. The molecule has 0 aliphatic heterocycles. The molecule has 0 saturated heterocycles. The van der Waals surface area contributed by atoms with Gasteiger partial charge in [-0.2, -0.15) is 13.2 Å². The highest BCUT2D eigenvalue weighted by Crippen LogP contribution is 2.37. The number of aromatic hydroxyl groups is 1. The number of halogens is 3. The van der Waals surface area contributed by atoms with E-state index in [4.69, 9.17) is 0 Å². The Morgan fingerprint density at radius 3 is 2.36 bits per heavy atom. The first kappa shape index (κ1) is 16.6. The van der Waals surface area contributed by atoms with Crippen molar-refractivity contribution in [2.24, 2.45) is 0 Å². The van der Waals surface area contributed by atoms with Crippen molar-refractivity contribution in [3.63, 3.8) is 0 Å². The summed E-state index contributed by atoms with van der Waals surface area (Å²) in [6.07, 6.45) is -3.73. The van der Waals surface area contributed by atoms with E-state index in [-0.39, 0.29) is 27.9 Å². The minimum absolute atomic E-state index is 0.00273. The molecule has 0 aliphatic carbocycles. The second-order valence-corrected chi connectivity index (χ2v) is 5.22. The Morgan fingerprint density at radius 1 is 1.08 bits per heavy atom. The Bertz CT molecular complexity index is 954. The van der Waals surface area contributed by atoms with Gasteiger partial charge in [0.15, 0.2) is 0 Å². The molecule has 0 atom stereocenters. The number of fused-ring (bicyclic) bond motifs is 1. The van der Waals surface area contributed by atoms with E-state index >= 15 is 0 Å². The van der Waals surface area contributed by atoms with Gasteiger partial charge in [-0.15, -0.1) is 0 Å². The lowest BCUT2D eigenvalue weighted by Crippen LogP contribution is -2.09. The minimum Gasteiger partial charge on any atom is -0.508 e. The van der Waals surface area contributed by atoms with Gasteiger partial charge in [0.25, 0.3) is 0 Å². The number of anilines is 2. The van der Waals surface area contributed by atoms with Crippen LogP contribution >= 0.6 is 0 Å². The van der Waals surface area contributed by atoms with Crippen LogP contribution < -0.4 is 5.32 Å². The molecule has 8 heteroatoms. The van der Waals surface area contributed by atoms with E-state index in [1.165, 1.54) is 36.4 Å². The van der Waals surface area contributed by atoms with E-state index in [2.05, 4.69) is 10.3 Å². The number of carboxylic acid groups (broad SMARTS) is 1. The van der Waals surface area contributed by atoms with Crippen LogP contribution in [0.5, 0.6) is 5.75 Å². The van der Waals surface area contributed by atoms with E-state index in [0.717, 1.165) is 12.3 Å². The summed E-state index contributed by atoms with van der Waals surface area (Å²) in [6, 6.07) is 9.13. The molecule has 1 heterocycles. The lowest BCUT2D eigenvalue weighted by atomic mass is 10.0. The van der Waals surface area contributed by atoms with Gasteiger partial charge in [0.05, 0.1) is 16.8 Å². The predicted octanol–water partition coefficient (Wildman–Crippen LogP) is 4.40. The first-order valence-electron chi connectivity index (χ1n) is 7.05. The van der Waals surface area contributed by atoms with E-state index in [1.54, 1.807) is 0 Å². The Kier molecular flexibility index (Phi) is 3.96. The van der Waals surface area contributed by atoms with Gasteiger partial charge in [-0.05, 0) is 30.3 Å². The number of rotatable bonds is 3. The molecule has 0 fully saturated rings. The predicted molar refractivity (Wildman–Crippen MR) is 85.1 cm³/mol. The van der Waals surface area contributed by atoms with Gasteiger partial charge in [0.1, 0.15) is 11.3 Å². The molecule has 0 unspecified atom stereocenters. The number of aromatic nitrogens is 1. The molecule has 0 saturated carbocycles. The molecular formula is C17H11F3N2O3. The van der Waals surface area contributed by atoms with Gasteiger partial charge in [0, 0.05) is 17.3 Å². The van der Waals surface area contributed by atoms with Gasteiger partial charge < -0.3 is 15.5 Å². The molecule has 128 valence electrons. The topological polar surface area (TPSA) is 82.5 Å². The van der Waals surface area contributed by atoms with Crippen LogP contribution in [0.15, 0.2) is 48.7 Å². The quantitative estimate of drug-likeness (QED) is 0.611. The van der Waals surface area contributed by atoms with Crippen molar-refractivity contribution in [2.45, 2.75) is 6.18 Å². The number of phenols is 1. The third-order valence-corrected chi connectivity index (χ3v) is 3.57. The average molecular weight is 348 g/mol. The fourth-order valence-corrected chi connectivity index (χ4v) is 2.44. The maximum Gasteiger partial charge on any atom is 0.418 e. The van der Waals surface area contributed by atoms with Gasteiger partial charge in [-0.3, -0.25) is 4.98 Å². The third-order valence-electron chi connectivity index (χ3n) is 3.57. The van der Waals surface area contributed by atoms with Crippen LogP contribution in [0.2, 0.25) is 0 Å². The largest absolute Gasteiger partial charge is 0.508 e. The molecule has 0 amide bonds. The number of carboxylic acids is 1. The van der Waals surface area contributed by atoms with Crippen molar-refractivity contribution < 1.29 is 28.2 Å². The zero-order valence-corrected chi connectivity index (χ0v) is 12.5. The zero-order chi connectivity index (χ0) is 18.2. The number of para-hydroxylation sites is 1. The molecule has 1 aromatic heterocycles. The lowest BCUT2D eigenvalue weighted by molar-refractivity contribution is -0.136. The minimum atomic E-state index is -4.62. The highest BCUT2D eigenvalue weighted by Gasteiger charge is 2.34. The maximum atomic E-state index is 13.2. The van der Waals surface area contributed by atoms with Crippen LogP contribution in [0.25, 0.3) is 10.9 Å². The van der Waals surface area contributed by atoms with E-state index in [0.29, 0.717) is 5.69 Å². The smallest absolute Gasteiger partial charge is 0.418 e. The normalized spacial score (nSPS) is 11.5. The lowest BCUT2D eigenvalue weighted by Gasteiger charge is -2.15. The van der Waals surface area contributed by atoms with Gasteiger partial charge >= 0.3 is 12.1 Å². The summed E-state index contributed by atoms with van der Waals surface area (Å²) in [4.78, 5) is 15.2. The van der Waals surface area contributed by atoms with Crippen molar-refractivity contribution >= 4 is 28.2 Å². The summed E-state index contributed by atoms with van der Waals surface area (Å²) in [7, 11) is 0. The number of hydrogen-bond donors (Lipinski definition) is 3. The SMILES string of the molecule is O=C(O)c1cnc2c(C(F)(F)F)cccc2c1Nc1ccc(O)cc1. The second-order valence-electron chi connectivity index (χ2n) is 5.22. The van der Waals surface area contributed by atoms with Gasteiger partial charge in [-0.25, -0.2) is 4.79 Å². The Labute approximate surface area is 139 Å². The standard InChI is InChI=1S/C17H11F3N2O3/c18-17(19,20)13-3-1-2-11-14(12(16(24)25)8-21-15(11)13)22-9-4-6-10(23)7-5-9/h1-8,23H,(H,21,22)(H,24,25). The van der Waals surface area contributed by atoms with Crippen molar-refractivity contribution in [2.75, 3.05) is 5.32 Å². The van der Waals surface area contributed by atoms with Crippen molar-refractivity contribution in [3.05, 3.63) is 59.8 Å². The highest BCUT2D eigenvalue weighted by atomic mass is 19.4. The number of aromatic carboxylic acids is 1. The summed E-state index contributed by atoms with van der Waals surface area (Å²) >= 11 is 0. The molecule has 0 bridgehead atoms. The number of nitrogens with one attached hydrogen (secondary N) is 1. The van der Waals surface area contributed by atoms with E-state index < -0.39 is 17.7 Å². The monoisotopic (exact) mass is 348 g/mol. The van der Waals surface area contributed by atoms with Crippen molar-refractivity contribution in [3.8, 4) is 5.75 Å². The van der Waals surface area contributed by atoms with Gasteiger partial charge in [-0.1, -0.05) is 12.1 Å². The number of pyridine rings is 1. The first-order valence-corrected chi connectivity index (χ1v) is 7.05. The Morgan fingerprint density at radius 2 is 1.76 bits per heavy atom. The van der Waals surface area contributed by atoms with E-state index in [1.807, 2.05) is 0 Å². The number of nitrogens with zero attached hydrogens (tertiary/aromatic N) is 1. The molecule has 3 rings (SSSR count). The highest BCUT2D eigenvalue weighted by molar-refractivity contribution is 6.06. The molecule has 3 aromatic rings. The maximum absolute atomic E-state index is 13.2. The van der Waals surface area contributed by atoms with E-state index in [9.17, 15) is 28.2 Å². The molecule has 25 heavy (non-hydrogen) atoms. The van der Waals surface area contributed by atoms with Crippen molar-refractivity contribution in [1.82, 2.24) is 4.98 Å². The van der Waals surface area contributed by atoms with Crippen LogP contribution in [0.1, 0.15) is 15.9 Å². The second kappa shape index (κ2) is 5.97. The average Bonchev–Trinajstić information content (AvgIpc) is 2.55. The number of phenolic OH excluding ortho intramolecular Hbond substituents is 1. The molecule has 0 radical (unpaired) electrons. The molecule has 0 spiro atoms. The summed E-state index contributed by atoms with van der Waals surface area (Å²) in [5.74, 6) is -1.32. The van der Waals surface area contributed by atoms with Crippen LogP contribution in [0.3, 0.4) is 0 Å². The molecule has 2 aromatic carbocycles. The van der Waals surface area contributed by atoms with Crippen LogP contribution in [-0.4, -0.2) is 21.2 Å².